The molecule has 0 aliphatic heterocycles. The molecule has 2 aromatic rings. The number of nitrogens with zero attached hydrogens (tertiary/aromatic N) is 1. The maximum absolute atomic E-state index is 13.0. The summed E-state index contributed by atoms with van der Waals surface area (Å²) in [6, 6.07) is 7.27. The van der Waals surface area contributed by atoms with Crippen LogP contribution in [0, 0.1) is 21.7 Å². The van der Waals surface area contributed by atoms with Gasteiger partial charge in [-0.25, -0.2) is 8.78 Å². The fourth-order valence-electron chi connectivity index (χ4n) is 1.72. The van der Waals surface area contributed by atoms with Crippen LogP contribution in [0.3, 0.4) is 0 Å². The van der Waals surface area contributed by atoms with Gasteiger partial charge in [-0.1, -0.05) is 12.1 Å². The maximum atomic E-state index is 13.0. The predicted molar refractivity (Wildman–Crippen MR) is 69.7 cm³/mol. The zero-order valence-corrected chi connectivity index (χ0v) is 10.8. The van der Waals surface area contributed by atoms with Gasteiger partial charge in [0.1, 0.15) is 6.61 Å². The molecule has 5 nitrogen and oxygen atoms in total. The summed E-state index contributed by atoms with van der Waals surface area (Å²) in [4.78, 5) is 10.3. The average Bonchev–Trinajstić information content (AvgIpc) is 2.48. The molecule has 0 aliphatic carbocycles. The van der Waals surface area contributed by atoms with Crippen LogP contribution < -0.4 is 4.74 Å². The molecule has 0 heterocycles. The highest BCUT2D eigenvalue weighted by atomic mass is 19.2. The Bertz CT molecular complexity index is 676. The highest BCUT2D eigenvalue weighted by Crippen LogP contribution is 2.28. The molecule has 0 amide bonds. The van der Waals surface area contributed by atoms with Gasteiger partial charge in [0.25, 0.3) is 0 Å². The van der Waals surface area contributed by atoms with Gasteiger partial charge in [-0.15, -0.1) is 0 Å². The molecule has 0 aliphatic rings. The molecular weight excluding hydrogens is 284 g/mol. The van der Waals surface area contributed by atoms with Crippen LogP contribution >= 0.6 is 0 Å². The van der Waals surface area contributed by atoms with E-state index in [0.717, 1.165) is 12.1 Å². The Kier molecular flexibility index (Phi) is 4.44. The van der Waals surface area contributed by atoms with Crippen molar-refractivity contribution in [3.8, 4) is 5.75 Å². The minimum atomic E-state index is -1.01. The van der Waals surface area contributed by atoms with Crippen LogP contribution in [0.5, 0.6) is 5.75 Å². The first-order chi connectivity index (χ1) is 10.0. The van der Waals surface area contributed by atoms with Gasteiger partial charge in [0, 0.05) is 6.07 Å². The molecule has 0 spiro atoms. The van der Waals surface area contributed by atoms with Crippen molar-refractivity contribution in [1.29, 1.82) is 0 Å². The van der Waals surface area contributed by atoms with Crippen molar-refractivity contribution in [3.05, 3.63) is 69.3 Å². The molecule has 2 rings (SSSR count). The molecular formula is C14H11F2NO4. The quantitative estimate of drug-likeness (QED) is 0.680. The zero-order valence-electron chi connectivity index (χ0n) is 10.8. The topological polar surface area (TPSA) is 72.6 Å². The first-order valence-electron chi connectivity index (χ1n) is 5.96. The van der Waals surface area contributed by atoms with E-state index in [1.165, 1.54) is 24.3 Å². The van der Waals surface area contributed by atoms with E-state index in [1.807, 2.05) is 0 Å². The summed E-state index contributed by atoms with van der Waals surface area (Å²) in [7, 11) is 0. The first-order valence-corrected chi connectivity index (χ1v) is 5.96. The van der Waals surface area contributed by atoms with Gasteiger partial charge in [-0.05, 0) is 29.3 Å². The summed E-state index contributed by atoms with van der Waals surface area (Å²) in [5.74, 6) is -2.00. The number of ether oxygens (including phenoxy) is 1. The SMILES string of the molecule is O=[N+]([O-])c1cc(CO)ccc1OCc1ccc(F)c(F)c1. The first kappa shape index (κ1) is 14.9. The number of nitro benzene ring substituents is 1. The van der Waals surface area contributed by atoms with Crippen LogP contribution in [0.15, 0.2) is 36.4 Å². The second kappa shape index (κ2) is 6.27. The number of rotatable bonds is 5. The van der Waals surface area contributed by atoms with Gasteiger partial charge in [0.2, 0.25) is 0 Å². The molecule has 0 saturated heterocycles. The Morgan fingerprint density at radius 1 is 1.10 bits per heavy atom. The Labute approximate surface area is 118 Å². The molecule has 0 aromatic heterocycles. The summed E-state index contributed by atoms with van der Waals surface area (Å²) in [5.41, 5.74) is 0.417. The van der Waals surface area contributed by atoms with E-state index >= 15 is 0 Å². The molecule has 110 valence electrons. The lowest BCUT2D eigenvalue weighted by atomic mass is 10.2. The number of halogens is 2. The average molecular weight is 295 g/mol. The summed E-state index contributed by atoms with van der Waals surface area (Å²) in [6.07, 6.45) is 0. The van der Waals surface area contributed by atoms with Gasteiger partial charge in [-0.2, -0.15) is 0 Å². The number of aliphatic hydroxyl groups excluding tert-OH is 1. The van der Waals surface area contributed by atoms with E-state index in [4.69, 9.17) is 9.84 Å². The fourth-order valence-corrected chi connectivity index (χ4v) is 1.72. The molecule has 21 heavy (non-hydrogen) atoms. The lowest BCUT2D eigenvalue weighted by molar-refractivity contribution is -0.386. The lowest BCUT2D eigenvalue weighted by Crippen LogP contribution is -2.01. The molecule has 7 heteroatoms. The normalized spacial score (nSPS) is 10.4. The standard InChI is InChI=1S/C14H11F2NO4/c15-11-3-1-10(5-12(11)16)8-21-14-4-2-9(7-18)6-13(14)17(19)20/h1-6,18H,7-8H2. The summed E-state index contributed by atoms with van der Waals surface area (Å²) < 4.78 is 31.1. The second-order valence-corrected chi connectivity index (χ2v) is 4.25. The number of nitro groups is 1. The molecule has 0 unspecified atom stereocenters. The molecule has 2 aromatic carbocycles. The van der Waals surface area contributed by atoms with Crippen molar-refractivity contribution in [2.75, 3.05) is 0 Å². The van der Waals surface area contributed by atoms with Crippen LogP contribution in [0.25, 0.3) is 0 Å². The fraction of sp³-hybridized carbons (Fsp3) is 0.143. The van der Waals surface area contributed by atoms with Gasteiger partial charge in [0.15, 0.2) is 17.4 Å². The van der Waals surface area contributed by atoms with Crippen LogP contribution in [0.4, 0.5) is 14.5 Å². The van der Waals surface area contributed by atoms with Crippen molar-refractivity contribution < 1.29 is 23.5 Å². The van der Waals surface area contributed by atoms with Crippen LogP contribution in [0.1, 0.15) is 11.1 Å². The van der Waals surface area contributed by atoms with E-state index in [1.54, 1.807) is 0 Å². The Hall–Kier alpha value is -2.54. The van der Waals surface area contributed by atoms with Crippen molar-refractivity contribution in [2.45, 2.75) is 13.2 Å². The minimum Gasteiger partial charge on any atom is -0.482 e. The van der Waals surface area contributed by atoms with Crippen LogP contribution in [-0.4, -0.2) is 10.0 Å². The second-order valence-electron chi connectivity index (χ2n) is 4.25. The highest BCUT2D eigenvalue weighted by molar-refractivity contribution is 5.48. The molecule has 0 fully saturated rings. The van der Waals surface area contributed by atoms with Crippen LogP contribution in [-0.2, 0) is 13.2 Å². The van der Waals surface area contributed by atoms with Crippen molar-refractivity contribution in [1.82, 2.24) is 0 Å². The number of hydrogen-bond donors (Lipinski definition) is 1. The van der Waals surface area contributed by atoms with E-state index < -0.39 is 16.6 Å². The van der Waals surface area contributed by atoms with Gasteiger partial charge in [0.05, 0.1) is 11.5 Å². The number of benzene rings is 2. The third kappa shape index (κ3) is 3.51. The van der Waals surface area contributed by atoms with Crippen molar-refractivity contribution in [3.63, 3.8) is 0 Å². The van der Waals surface area contributed by atoms with Gasteiger partial charge >= 0.3 is 5.69 Å². The Balaban J connectivity index is 2.19. The zero-order chi connectivity index (χ0) is 15.4. The van der Waals surface area contributed by atoms with Crippen molar-refractivity contribution >= 4 is 5.69 Å². The monoisotopic (exact) mass is 295 g/mol. The van der Waals surface area contributed by atoms with Gasteiger partial charge in [-0.3, -0.25) is 10.1 Å². The smallest absolute Gasteiger partial charge is 0.311 e. The van der Waals surface area contributed by atoms with E-state index in [-0.39, 0.29) is 24.7 Å². The van der Waals surface area contributed by atoms with Crippen LogP contribution in [0.2, 0.25) is 0 Å². The predicted octanol–water partition coefficient (Wildman–Crippen LogP) is 2.94. The maximum Gasteiger partial charge on any atom is 0.311 e. The minimum absolute atomic E-state index is 0.0121. The number of hydrogen-bond acceptors (Lipinski definition) is 4. The molecule has 1 N–H and O–H groups in total. The molecule has 0 saturated carbocycles. The van der Waals surface area contributed by atoms with Gasteiger partial charge < -0.3 is 9.84 Å². The third-order valence-corrected chi connectivity index (χ3v) is 2.78. The largest absolute Gasteiger partial charge is 0.482 e. The summed E-state index contributed by atoms with van der Waals surface area (Å²) >= 11 is 0. The molecule has 0 radical (unpaired) electrons. The summed E-state index contributed by atoms with van der Waals surface area (Å²) in [6.45, 7) is -0.471. The molecule has 0 bridgehead atoms. The highest BCUT2D eigenvalue weighted by Gasteiger charge is 2.16. The Morgan fingerprint density at radius 2 is 1.81 bits per heavy atom. The third-order valence-electron chi connectivity index (χ3n) is 2.78. The lowest BCUT2D eigenvalue weighted by Gasteiger charge is -2.08. The van der Waals surface area contributed by atoms with E-state index in [2.05, 4.69) is 0 Å². The summed E-state index contributed by atoms with van der Waals surface area (Å²) in [5, 5.41) is 19.9. The number of aliphatic hydroxyl groups is 1. The van der Waals surface area contributed by atoms with E-state index in [0.29, 0.717) is 11.1 Å². The molecule has 0 atom stereocenters. The van der Waals surface area contributed by atoms with Crippen molar-refractivity contribution in [2.24, 2.45) is 0 Å². The van der Waals surface area contributed by atoms with E-state index in [9.17, 15) is 18.9 Å². The Morgan fingerprint density at radius 3 is 2.43 bits per heavy atom.